The minimum Gasteiger partial charge on any atom is -0.478 e. The van der Waals surface area contributed by atoms with Gasteiger partial charge in [-0.25, -0.2) is 4.79 Å². The standard InChI is InChI=1S/C20H36O3/c1-2-18-19(23-18)16-14-12-10-8-6-4-3-5-7-9-11-13-15-17-20(21)22/h15,17-19H,2-14,16H2,1H3,(H,21,22). The average Bonchev–Trinajstić information content (AvgIpc) is 3.29. The molecule has 0 aromatic carbocycles. The van der Waals surface area contributed by atoms with Crippen LogP contribution in [0.4, 0.5) is 0 Å². The highest BCUT2D eigenvalue weighted by molar-refractivity contribution is 5.79. The van der Waals surface area contributed by atoms with Crippen LogP contribution in [0.3, 0.4) is 0 Å². The fourth-order valence-corrected chi connectivity index (χ4v) is 3.18. The van der Waals surface area contributed by atoms with Crippen molar-refractivity contribution in [1.29, 1.82) is 0 Å². The Morgan fingerprint density at radius 3 is 1.87 bits per heavy atom. The van der Waals surface area contributed by atoms with Gasteiger partial charge in [0.15, 0.2) is 0 Å². The van der Waals surface area contributed by atoms with Crippen LogP contribution in [0.5, 0.6) is 0 Å². The Kier molecular flexibility index (Phi) is 11.9. The van der Waals surface area contributed by atoms with Crippen LogP contribution in [0.2, 0.25) is 0 Å². The molecule has 0 saturated carbocycles. The molecule has 0 aliphatic carbocycles. The molecular weight excluding hydrogens is 288 g/mol. The zero-order chi connectivity index (χ0) is 16.8. The Morgan fingerprint density at radius 2 is 1.39 bits per heavy atom. The van der Waals surface area contributed by atoms with E-state index in [0.717, 1.165) is 12.8 Å². The monoisotopic (exact) mass is 324 g/mol. The van der Waals surface area contributed by atoms with Crippen LogP contribution < -0.4 is 0 Å². The summed E-state index contributed by atoms with van der Waals surface area (Å²) in [6.45, 7) is 2.21. The van der Waals surface area contributed by atoms with Gasteiger partial charge in [0.1, 0.15) is 0 Å². The number of hydrogen-bond acceptors (Lipinski definition) is 2. The second-order valence-electron chi connectivity index (χ2n) is 6.83. The molecule has 1 aliphatic rings. The van der Waals surface area contributed by atoms with Crippen molar-refractivity contribution in [2.45, 2.75) is 109 Å². The maximum absolute atomic E-state index is 10.3. The van der Waals surface area contributed by atoms with Crippen LogP contribution in [0.1, 0.15) is 96.8 Å². The summed E-state index contributed by atoms with van der Waals surface area (Å²) in [5.41, 5.74) is 0. The highest BCUT2D eigenvalue weighted by atomic mass is 16.6. The predicted octanol–water partition coefficient (Wildman–Crippen LogP) is 5.88. The van der Waals surface area contributed by atoms with Gasteiger partial charge in [-0.1, -0.05) is 77.2 Å². The second-order valence-corrected chi connectivity index (χ2v) is 6.83. The molecule has 0 bridgehead atoms. The van der Waals surface area contributed by atoms with Gasteiger partial charge in [-0.05, 0) is 25.7 Å². The molecule has 1 N–H and O–H groups in total. The number of aliphatic carboxylic acids is 1. The van der Waals surface area contributed by atoms with Gasteiger partial charge in [-0.2, -0.15) is 0 Å². The van der Waals surface area contributed by atoms with E-state index in [-0.39, 0.29) is 0 Å². The van der Waals surface area contributed by atoms with E-state index in [2.05, 4.69) is 6.92 Å². The van der Waals surface area contributed by atoms with Crippen LogP contribution in [-0.4, -0.2) is 23.3 Å². The number of carboxylic acids is 1. The summed E-state index contributed by atoms with van der Waals surface area (Å²) in [7, 11) is 0. The van der Waals surface area contributed by atoms with Crippen molar-refractivity contribution in [1.82, 2.24) is 0 Å². The molecule has 3 nitrogen and oxygen atoms in total. The lowest BCUT2D eigenvalue weighted by Crippen LogP contribution is -1.92. The zero-order valence-corrected chi connectivity index (χ0v) is 15.0. The van der Waals surface area contributed by atoms with Gasteiger partial charge in [0.25, 0.3) is 0 Å². The molecule has 23 heavy (non-hydrogen) atoms. The van der Waals surface area contributed by atoms with E-state index >= 15 is 0 Å². The van der Waals surface area contributed by atoms with E-state index in [1.54, 1.807) is 6.08 Å². The van der Waals surface area contributed by atoms with Crippen molar-refractivity contribution >= 4 is 5.97 Å². The Hall–Kier alpha value is -0.830. The number of ether oxygens (including phenoxy) is 1. The highest BCUT2D eigenvalue weighted by Crippen LogP contribution is 2.29. The summed E-state index contributed by atoms with van der Waals surface area (Å²) in [5, 5.41) is 8.46. The summed E-state index contributed by atoms with van der Waals surface area (Å²) in [6, 6.07) is 0. The van der Waals surface area contributed by atoms with Crippen LogP contribution >= 0.6 is 0 Å². The largest absolute Gasteiger partial charge is 0.478 e. The van der Waals surface area contributed by atoms with E-state index < -0.39 is 5.97 Å². The van der Waals surface area contributed by atoms with Crippen LogP contribution in [0.15, 0.2) is 12.2 Å². The smallest absolute Gasteiger partial charge is 0.327 e. The molecule has 0 spiro atoms. The Balaban J connectivity index is 1.68. The first kappa shape index (κ1) is 20.2. The molecule has 1 heterocycles. The lowest BCUT2D eigenvalue weighted by Gasteiger charge is -2.02. The van der Waals surface area contributed by atoms with Crippen molar-refractivity contribution in [3.8, 4) is 0 Å². The molecule has 0 aromatic rings. The quantitative estimate of drug-likeness (QED) is 0.219. The highest BCUT2D eigenvalue weighted by Gasteiger charge is 2.35. The van der Waals surface area contributed by atoms with Crippen molar-refractivity contribution in [3.63, 3.8) is 0 Å². The number of hydrogen-bond donors (Lipinski definition) is 1. The second kappa shape index (κ2) is 13.6. The lowest BCUT2D eigenvalue weighted by molar-refractivity contribution is -0.131. The van der Waals surface area contributed by atoms with Crippen LogP contribution in [0, 0.1) is 0 Å². The van der Waals surface area contributed by atoms with E-state index in [9.17, 15) is 4.79 Å². The third-order valence-corrected chi connectivity index (χ3v) is 4.71. The molecule has 0 amide bonds. The first-order chi connectivity index (χ1) is 11.2. The zero-order valence-electron chi connectivity index (χ0n) is 15.0. The molecule has 2 atom stereocenters. The molecule has 1 fully saturated rings. The predicted molar refractivity (Wildman–Crippen MR) is 95.7 cm³/mol. The topological polar surface area (TPSA) is 49.8 Å². The molecule has 134 valence electrons. The maximum atomic E-state index is 10.3. The number of carboxylic acid groups (broad SMARTS) is 1. The van der Waals surface area contributed by atoms with Crippen LogP contribution in [0.25, 0.3) is 0 Å². The van der Waals surface area contributed by atoms with Gasteiger partial charge in [-0.15, -0.1) is 0 Å². The molecular formula is C20H36O3. The van der Waals surface area contributed by atoms with Gasteiger partial charge in [-0.3, -0.25) is 0 Å². The van der Waals surface area contributed by atoms with E-state index in [0.29, 0.717) is 12.2 Å². The van der Waals surface area contributed by atoms with Crippen molar-refractivity contribution in [2.75, 3.05) is 0 Å². The number of allylic oxidation sites excluding steroid dienone is 1. The molecule has 1 saturated heterocycles. The third-order valence-electron chi connectivity index (χ3n) is 4.71. The Bertz CT molecular complexity index is 325. The van der Waals surface area contributed by atoms with Gasteiger partial charge in [0, 0.05) is 6.08 Å². The summed E-state index contributed by atoms with van der Waals surface area (Å²) >= 11 is 0. The molecule has 3 heteroatoms. The molecule has 0 radical (unpaired) electrons. The third kappa shape index (κ3) is 12.3. The lowest BCUT2D eigenvalue weighted by atomic mass is 10.0. The van der Waals surface area contributed by atoms with Gasteiger partial charge in [0.05, 0.1) is 12.2 Å². The van der Waals surface area contributed by atoms with Gasteiger partial charge in [0.2, 0.25) is 0 Å². The first-order valence-corrected chi connectivity index (χ1v) is 9.79. The number of unbranched alkanes of at least 4 members (excludes halogenated alkanes) is 11. The van der Waals surface area contributed by atoms with Crippen molar-refractivity contribution in [2.24, 2.45) is 0 Å². The summed E-state index contributed by atoms with van der Waals surface area (Å²) < 4.78 is 5.56. The fraction of sp³-hybridized carbons (Fsp3) is 0.850. The van der Waals surface area contributed by atoms with Crippen LogP contribution in [-0.2, 0) is 9.53 Å². The molecule has 1 aliphatic heterocycles. The fourth-order valence-electron chi connectivity index (χ4n) is 3.18. The Morgan fingerprint density at radius 1 is 0.870 bits per heavy atom. The molecule has 1 rings (SSSR count). The maximum Gasteiger partial charge on any atom is 0.327 e. The SMILES string of the molecule is CCC1OC1CCCCCCCCCCCCCC=CC(=O)O. The number of carbonyl (C=O) groups is 1. The summed E-state index contributed by atoms with van der Waals surface area (Å²) in [6.07, 6.45) is 22.2. The van der Waals surface area contributed by atoms with E-state index in [1.807, 2.05) is 0 Å². The molecule has 0 aromatic heterocycles. The number of rotatable bonds is 16. The Labute approximate surface area is 142 Å². The van der Waals surface area contributed by atoms with Gasteiger partial charge < -0.3 is 9.84 Å². The van der Waals surface area contributed by atoms with Crippen molar-refractivity contribution < 1.29 is 14.6 Å². The average molecular weight is 325 g/mol. The molecule has 2 unspecified atom stereocenters. The normalized spacial score (nSPS) is 20.2. The minimum atomic E-state index is -0.837. The van der Waals surface area contributed by atoms with E-state index in [1.165, 1.54) is 83.1 Å². The number of epoxide rings is 1. The summed E-state index contributed by atoms with van der Waals surface area (Å²) in [5.74, 6) is -0.837. The summed E-state index contributed by atoms with van der Waals surface area (Å²) in [4.78, 5) is 10.3. The minimum absolute atomic E-state index is 0.586. The van der Waals surface area contributed by atoms with E-state index in [4.69, 9.17) is 9.84 Å². The van der Waals surface area contributed by atoms with Crippen molar-refractivity contribution in [3.05, 3.63) is 12.2 Å². The first-order valence-electron chi connectivity index (χ1n) is 9.79. The van der Waals surface area contributed by atoms with Gasteiger partial charge >= 0.3 is 5.97 Å².